The third-order valence-electron chi connectivity index (χ3n) is 5.55. The van der Waals surface area contributed by atoms with Crippen LogP contribution < -0.4 is 11.4 Å². The van der Waals surface area contributed by atoms with Crippen LogP contribution in [0.15, 0.2) is 35.5 Å². The summed E-state index contributed by atoms with van der Waals surface area (Å²) in [5, 5.41) is 8.00. The molecular weight excluding hydrogens is 457 g/mol. The number of nitrogens with one attached hydrogen (secondary N) is 2. The molecular formula is C21H21F3N6O4. The van der Waals surface area contributed by atoms with Crippen molar-refractivity contribution in [3.05, 3.63) is 41.2 Å². The Balaban J connectivity index is 0.000000344. The third-order valence-corrected chi connectivity index (χ3v) is 5.55. The van der Waals surface area contributed by atoms with E-state index in [0.717, 1.165) is 53.7 Å². The molecule has 0 spiro atoms. The minimum absolute atomic E-state index is 0.121. The Morgan fingerprint density at radius 2 is 1.79 bits per heavy atom. The summed E-state index contributed by atoms with van der Waals surface area (Å²) in [6.07, 6.45) is 2.14. The lowest BCUT2D eigenvalue weighted by molar-refractivity contribution is -0.192. The molecule has 180 valence electrons. The van der Waals surface area contributed by atoms with Gasteiger partial charge in [0.15, 0.2) is 5.65 Å². The molecule has 1 saturated heterocycles. The molecule has 0 aliphatic carbocycles. The summed E-state index contributed by atoms with van der Waals surface area (Å²) in [6.45, 7) is 2.19. The van der Waals surface area contributed by atoms with E-state index in [1.807, 2.05) is 12.1 Å². The molecule has 5 rings (SSSR count). The van der Waals surface area contributed by atoms with Crippen LogP contribution in [-0.2, 0) is 16.1 Å². The van der Waals surface area contributed by atoms with Crippen LogP contribution in [0.4, 0.5) is 18.9 Å². The second-order valence-electron chi connectivity index (χ2n) is 7.86. The highest BCUT2D eigenvalue weighted by Gasteiger charge is 2.38. The van der Waals surface area contributed by atoms with E-state index in [1.165, 1.54) is 0 Å². The van der Waals surface area contributed by atoms with Crippen LogP contribution in [0.3, 0.4) is 0 Å². The van der Waals surface area contributed by atoms with Crippen LogP contribution in [0.1, 0.15) is 12.8 Å². The first-order valence-electron chi connectivity index (χ1n) is 10.3. The Bertz CT molecular complexity index is 1380. The van der Waals surface area contributed by atoms with Gasteiger partial charge in [-0.1, -0.05) is 0 Å². The van der Waals surface area contributed by atoms with Gasteiger partial charge in [-0.25, -0.2) is 19.6 Å². The van der Waals surface area contributed by atoms with Gasteiger partial charge in [0.05, 0.1) is 11.2 Å². The second kappa shape index (κ2) is 9.17. The molecule has 1 aliphatic rings. The molecule has 0 unspecified atom stereocenters. The SMILES string of the molecule is Nc1c[nH]c2ncc(-c3cnc4[nH]c(=O)n(CC5CCOCC5)c4c3)cc12.O=C(O)C(F)(F)F. The maximum Gasteiger partial charge on any atom is 0.490 e. The summed E-state index contributed by atoms with van der Waals surface area (Å²) >= 11 is 0. The number of H-pyrrole nitrogens is 2. The predicted molar refractivity (Wildman–Crippen MR) is 117 cm³/mol. The number of aromatic amines is 2. The first kappa shape index (κ1) is 23.3. The number of aromatic nitrogens is 5. The summed E-state index contributed by atoms with van der Waals surface area (Å²) < 4.78 is 39.0. The maximum absolute atomic E-state index is 12.4. The average Bonchev–Trinajstić information content (AvgIpc) is 3.33. The monoisotopic (exact) mass is 478 g/mol. The van der Waals surface area contributed by atoms with E-state index in [4.69, 9.17) is 20.4 Å². The molecule has 1 aliphatic heterocycles. The third kappa shape index (κ3) is 4.88. The van der Waals surface area contributed by atoms with Crippen molar-refractivity contribution in [2.24, 2.45) is 5.92 Å². The fourth-order valence-corrected chi connectivity index (χ4v) is 3.74. The summed E-state index contributed by atoms with van der Waals surface area (Å²) in [4.78, 5) is 36.1. The summed E-state index contributed by atoms with van der Waals surface area (Å²) in [5.41, 5.74) is 10.5. The standard InChI is InChI=1S/C19H20N6O2.C2HF3O2/c20-15-9-23-17-14(15)5-12(7-21-17)13-6-16-18(22-8-13)24-19(26)25(16)10-11-1-3-27-4-2-11;3-2(4,5)1(6)7/h5-9,11H,1-4,10,20H2,(H,21,23)(H,22,24,26);(H,6,7). The minimum atomic E-state index is -5.08. The van der Waals surface area contributed by atoms with Gasteiger partial charge in [-0.3, -0.25) is 9.55 Å². The first-order valence-corrected chi connectivity index (χ1v) is 10.3. The smallest absolute Gasteiger partial charge is 0.475 e. The van der Waals surface area contributed by atoms with Gasteiger partial charge < -0.3 is 20.6 Å². The molecule has 0 radical (unpaired) electrons. The molecule has 10 nitrogen and oxygen atoms in total. The summed E-state index contributed by atoms with van der Waals surface area (Å²) in [6, 6.07) is 3.98. The van der Waals surface area contributed by atoms with Crippen LogP contribution in [-0.4, -0.2) is 55.0 Å². The van der Waals surface area contributed by atoms with Crippen molar-refractivity contribution < 1.29 is 27.8 Å². The number of carboxylic acid groups (broad SMARTS) is 1. The van der Waals surface area contributed by atoms with Crippen molar-refractivity contribution in [3.8, 4) is 11.1 Å². The number of aliphatic carboxylic acids is 1. The van der Waals surface area contributed by atoms with Crippen LogP contribution >= 0.6 is 0 Å². The summed E-state index contributed by atoms with van der Waals surface area (Å²) in [5.74, 6) is -2.32. The largest absolute Gasteiger partial charge is 0.490 e. The molecule has 0 bridgehead atoms. The maximum atomic E-state index is 12.4. The van der Waals surface area contributed by atoms with Crippen LogP contribution in [0.2, 0.25) is 0 Å². The molecule has 1 fully saturated rings. The number of carbonyl (C=O) groups is 1. The molecule has 5 N–H and O–H groups in total. The van der Waals surface area contributed by atoms with Crippen molar-refractivity contribution in [2.75, 3.05) is 18.9 Å². The average molecular weight is 478 g/mol. The normalized spacial score (nSPS) is 14.8. The molecule has 0 aromatic carbocycles. The topological polar surface area (TPSA) is 152 Å². The highest BCUT2D eigenvalue weighted by atomic mass is 19.4. The predicted octanol–water partition coefficient (Wildman–Crippen LogP) is 2.91. The van der Waals surface area contributed by atoms with Crippen molar-refractivity contribution >= 4 is 33.9 Å². The molecule has 4 aromatic rings. The first-order chi connectivity index (χ1) is 16.1. The van der Waals surface area contributed by atoms with Crippen molar-refractivity contribution in [1.82, 2.24) is 24.5 Å². The van der Waals surface area contributed by atoms with Crippen molar-refractivity contribution in [3.63, 3.8) is 0 Å². The number of alkyl halides is 3. The second-order valence-corrected chi connectivity index (χ2v) is 7.86. The van der Waals surface area contributed by atoms with Gasteiger partial charge in [-0.15, -0.1) is 0 Å². The van der Waals surface area contributed by atoms with E-state index in [2.05, 4.69) is 19.9 Å². The van der Waals surface area contributed by atoms with E-state index in [0.29, 0.717) is 23.8 Å². The van der Waals surface area contributed by atoms with Crippen molar-refractivity contribution in [1.29, 1.82) is 0 Å². The highest BCUT2D eigenvalue weighted by Crippen LogP contribution is 2.27. The van der Waals surface area contributed by atoms with Gasteiger partial charge in [0.25, 0.3) is 0 Å². The van der Waals surface area contributed by atoms with E-state index < -0.39 is 12.1 Å². The Hall–Kier alpha value is -3.87. The number of carboxylic acids is 1. The van der Waals surface area contributed by atoms with Crippen molar-refractivity contribution in [2.45, 2.75) is 25.6 Å². The zero-order chi connectivity index (χ0) is 24.5. The summed E-state index contributed by atoms with van der Waals surface area (Å²) in [7, 11) is 0. The number of fused-ring (bicyclic) bond motifs is 2. The van der Waals surface area contributed by atoms with E-state index in [1.54, 1.807) is 23.2 Å². The number of nitrogen functional groups attached to an aromatic ring is 1. The Labute approximate surface area is 189 Å². The van der Waals surface area contributed by atoms with E-state index in [9.17, 15) is 18.0 Å². The Morgan fingerprint density at radius 3 is 2.44 bits per heavy atom. The fourth-order valence-electron chi connectivity index (χ4n) is 3.74. The number of pyridine rings is 2. The lowest BCUT2D eigenvalue weighted by Gasteiger charge is -2.22. The van der Waals surface area contributed by atoms with Crippen LogP contribution in [0.25, 0.3) is 33.3 Å². The van der Waals surface area contributed by atoms with Crippen LogP contribution in [0.5, 0.6) is 0 Å². The van der Waals surface area contributed by atoms with E-state index in [-0.39, 0.29) is 5.69 Å². The fraction of sp³-hybridized carbons (Fsp3) is 0.333. The molecule has 5 heterocycles. The lowest BCUT2D eigenvalue weighted by atomic mass is 10.0. The number of ether oxygens (including phenoxy) is 1. The molecule has 4 aromatic heterocycles. The number of anilines is 1. The molecule has 0 amide bonds. The minimum Gasteiger partial charge on any atom is -0.475 e. The van der Waals surface area contributed by atoms with Crippen LogP contribution in [0, 0.1) is 5.92 Å². The van der Waals surface area contributed by atoms with Gasteiger partial charge in [-0.05, 0) is 30.9 Å². The number of nitrogens with two attached hydrogens (primary N) is 1. The zero-order valence-electron chi connectivity index (χ0n) is 17.7. The Morgan fingerprint density at radius 1 is 1.18 bits per heavy atom. The number of halogens is 3. The number of hydrogen-bond acceptors (Lipinski definition) is 6. The van der Waals surface area contributed by atoms with Gasteiger partial charge in [-0.2, -0.15) is 13.2 Å². The molecule has 13 heteroatoms. The lowest BCUT2D eigenvalue weighted by Crippen LogP contribution is -2.25. The van der Waals surface area contributed by atoms with E-state index >= 15 is 0 Å². The quantitative estimate of drug-likeness (QED) is 0.353. The van der Waals surface area contributed by atoms with Gasteiger partial charge >= 0.3 is 17.8 Å². The number of nitrogens with zero attached hydrogens (tertiary/aromatic N) is 3. The number of rotatable bonds is 3. The molecule has 0 saturated carbocycles. The van der Waals surface area contributed by atoms with Gasteiger partial charge in [0.2, 0.25) is 0 Å². The Kier molecular flexibility index (Phi) is 6.28. The number of imidazole rings is 1. The van der Waals surface area contributed by atoms with Gasteiger partial charge in [0.1, 0.15) is 5.65 Å². The molecule has 34 heavy (non-hydrogen) atoms. The molecule has 0 atom stereocenters. The highest BCUT2D eigenvalue weighted by molar-refractivity contribution is 5.92. The van der Waals surface area contributed by atoms with Gasteiger partial charge in [0, 0.05) is 54.9 Å². The zero-order valence-corrected chi connectivity index (χ0v) is 17.7. The number of hydrogen-bond donors (Lipinski definition) is 4.